The van der Waals surface area contributed by atoms with E-state index < -0.39 is 21.4 Å². The Morgan fingerprint density at radius 3 is 1.69 bits per heavy atom. The maximum absolute atomic E-state index is 12.0. The lowest BCUT2D eigenvalue weighted by Gasteiger charge is -2.17. The minimum Gasteiger partial charge on any atom is -0.366 e. The molecule has 0 radical (unpaired) electrons. The van der Waals surface area contributed by atoms with Gasteiger partial charge in [-0.2, -0.15) is 13.2 Å². The summed E-state index contributed by atoms with van der Waals surface area (Å²) in [6, 6.07) is 0. The van der Waals surface area contributed by atoms with Gasteiger partial charge in [0.05, 0.1) is 5.57 Å². The minimum absolute atomic E-state index is 0.0347. The number of carbonyl (C=O) groups excluding carboxylic acids is 1. The molecule has 0 aromatic heterocycles. The van der Waals surface area contributed by atoms with Crippen molar-refractivity contribution in [1.82, 2.24) is 0 Å². The van der Waals surface area contributed by atoms with Crippen LogP contribution in [-0.2, 0) is 4.79 Å². The van der Waals surface area contributed by atoms with Crippen LogP contribution in [0.5, 0.6) is 0 Å². The van der Waals surface area contributed by atoms with Gasteiger partial charge in [0.25, 0.3) is 0 Å². The van der Waals surface area contributed by atoms with E-state index >= 15 is 0 Å². The fourth-order valence-corrected chi connectivity index (χ4v) is 0.952. The van der Waals surface area contributed by atoms with Crippen LogP contribution in [0.1, 0.15) is 0 Å². The average molecular weight is 256 g/mol. The second kappa shape index (κ2) is 3.94. The summed E-state index contributed by atoms with van der Waals surface area (Å²) >= 11 is 14.9. The number of amides is 1. The third kappa shape index (κ3) is 4.59. The van der Waals surface area contributed by atoms with Crippen molar-refractivity contribution in [1.29, 1.82) is 0 Å². The van der Waals surface area contributed by atoms with Crippen LogP contribution in [0, 0.1) is 0 Å². The van der Waals surface area contributed by atoms with Crippen molar-refractivity contribution in [2.45, 2.75) is 9.97 Å². The van der Waals surface area contributed by atoms with Crippen LogP contribution in [0.15, 0.2) is 11.6 Å². The topological polar surface area (TPSA) is 43.1 Å². The van der Waals surface area contributed by atoms with Crippen molar-refractivity contribution in [2.75, 3.05) is 0 Å². The van der Waals surface area contributed by atoms with Gasteiger partial charge in [-0.25, -0.2) is 0 Å². The molecule has 0 spiro atoms. The third-order valence-electron chi connectivity index (χ3n) is 0.897. The van der Waals surface area contributed by atoms with Gasteiger partial charge in [0, 0.05) is 6.08 Å². The molecule has 0 heterocycles. The zero-order chi connectivity index (χ0) is 10.9. The minimum atomic E-state index is -4.90. The zero-order valence-corrected chi connectivity index (χ0v) is 8.10. The number of carbonyl (C=O) groups is 1. The quantitative estimate of drug-likeness (QED) is 0.568. The van der Waals surface area contributed by atoms with Gasteiger partial charge in [-0.3, -0.25) is 4.79 Å². The summed E-state index contributed by atoms with van der Waals surface area (Å²) in [7, 11) is 0. The Kier molecular flexibility index (Phi) is 3.90. The molecule has 0 saturated heterocycles. The molecule has 1 amide bonds. The van der Waals surface area contributed by atoms with Gasteiger partial charge < -0.3 is 5.73 Å². The molecule has 0 saturated carbocycles. The van der Waals surface area contributed by atoms with Crippen molar-refractivity contribution >= 4 is 40.7 Å². The van der Waals surface area contributed by atoms with Crippen LogP contribution in [0.25, 0.3) is 0 Å². The number of halogens is 6. The van der Waals surface area contributed by atoms with Gasteiger partial charge in [-0.1, -0.05) is 34.8 Å². The van der Waals surface area contributed by atoms with Crippen LogP contribution in [0.4, 0.5) is 13.2 Å². The van der Waals surface area contributed by atoms with E-state index in [1.807, 2.05) is 0 Å². The van der Waals surface area contributed by atoms with E-state index in [1.165, 1.54) is 0 Å². The molecular weight excluding hydrogens is 253 g/mol. The molecule has 0 aliphatic rings. The highest BCUT2D eigenvalue weighted by Gasteiger charge is 2.46. The second-order valence-corrected chi connectivity index (χ2v) is 4.24. The standard InChI is InChI=1S/C5H3Cl3F3NO/c6-4(7,8)2(1-3(12)13)5(9,10)11/h1H,(H2,12,13)/b2-1+. The predicted molar refractivity (Wildman–Crippen MR) is 43.6 cm³/mol. The molecule has 0 aliphatic heterocycles. The van der Waals surface area contributed by atoms with E-state index in [0.29, 0.717) is 0 Å². The largest absolute Gasteiger partial charge is 0.416 e. The summed E-state index contributed by atoms with van der Waals surface area (Å²) in [4.78, 5) is 10.2. The fraction of sp³-hybridized carbons (Fsp3) is 0.400. The molecule has 0 rings (SSSR count). The molecule has 0 aromatic carbocycles. The Bertz CT molecular complexity index is 226. The number of alkyl halides is 6. The van der Waals surface area contributed by atoms with Crippen molar-refractivity contribution in [3.05, 3.63) is 11.6 Å². The van der Waals surface area contributed by atoms with Gasteiger partial charge in [0.2, 0.25) is 9.70 Å². The van der Waals surface area contributed by atoms with Crippen molar-refractivity contribution < 1.29 is 18.0 Å². The predicted octanol–water partition coefficient (Wildman–Crippen LogP) is 2.33. The van der Waals surface area contributed by atoms with E-state index in [-0.39, 0.29) is 6.08 Å². The molecule has 0 aromatic rings. The lowest BCUT2D eigenvalue weighted by molar-refractivity contribution is -0.115. The first-order chi connectivity index (χ1) is 5.55. The first-order valence-corrected chi connectivity index (χ1v) is 3.84. The van der Waals surface area contributed by atoms with Gasteiger partial charge in [0.1, 0.15) is 0 Å². The lowest BCUT2D eigenvalue weighted by Crippen LogP contribution is -2.26. The summed E-state index contributed by atoms with van der Waals surface area (Å²) in [5.41, 5.74) is 2.88. The molecule has 0 fully saturated rings. The molecule has 76 valence electrons. The highest BCUT2D eigenvalue weighted by molar-refractivity contribution is 6.69. The Morgan fingerprint density at radius 1 is 1.23 bits per heavy atom. The number of hydrogen-bond acceptors (Lipinski definition) is 1. The van der Waals surface area contributed by atoms with Crippen LogP contribution in [0.2, 0.25) is 0 Å². The molecule has 2 nitrogen and oxygen atoms in total. The molecule has 0 bridgehead atoms. The highest BCUT2D eigenvalue weighted by atomic mass is 35.6. The smallest absolute Gasteiger partial charge is 0.366 e. The fourth-order valence-electron chi connectivity index (χ4n) is 0.467. The third-order valence-corrected chi connectivity index (χ3v) is 1.51. The van der Waals surface area contributed by atoms with Crippen LogP contribution in [0.3, 0.4) is 0 Å². The van der Waals surface area contributed by atoms with Gasteiger partial charge >= 0.3 is 6.18 Å². The van der Waals surface area contributed by atoms with Crippen molar-refractivity contribution in [2.24, 2.45) is 5.73 Å². The summed E-state index contributed by atoms with van der Waals surface area (Å²) in [5, 5.41) is 0. The number of allylic oxidation sites excluding steroid dienone is 1. The molecule has 0 unspecified atom stereocenters. The van der Waals surface area contributed by atoms with Gasteiger partial charge in [-0.05, 0) is 0 Å². The Hall–Kier alpha value is -0.130. The van der Waals surface area contributed by atoms with Gasteiger partial charge in [0.15, 0.2) is 0 Å². The average Bonchev–Trinajstić information content (AvgIpc) is 1.77. The SMILES string of the molecule is NC(=O)/C=C(/C(F)(F)F)C(Cl)(Cl)Cl. The van der Waals surface area contributed by atoms with E-state index in [9.17, 15) is 18.0 Å². The number of primary amides is 1. The van der Waals surface area contributed by atoms with Crippen LogP contribution >= 0.6 is 34.8 Å². The van der Waals surface area contributed by atoms with E-state index in [0.717, 1.165) is 0 Å². The Morgan fingerprint density at radius 2 is 1.62 bits per heavy atom. The molecule has 8 heteroatoms. The lowest BCUT2D eigenvalue weighted by atomic mass is 10.2. The van der Waals surface area contributed by atoms with Crippen LogP contribution < -0.4 is 5.73 Å². The summed E-state index contributed by atoms with van der Waals surface area (Å²) in [6.07, 6.45) is -4.87. The Balaban J connectivity index is 5.13. The molecular formula is C5H3Cl3F3NO. The number of rotatable bonds is 1. The second-order valence-electron chi connectivity index (χ2n) is 1.96. The monoisotopic (exact) mass is 255 g/mol. The molecule has 2 N–H and O–H groups in total. The van der Waals surface area contributed by atoms with E-state index in [4.69, 9.17) is 34.8 Å². The van der Waals surface area contributed by atoms with E-state index in [2.05, 4.69) is 5.73 Å². The first kappa shape index (κ1) is 12.9. The van der Waals surface area contributed by atoms with Crippen molar-refractivity contribution in [3.8, 4) is 0 Å². The summed E-state index contributed by atoms with van der Waals surface area (Å²) in [6.45, 7) is 0. The summed E-state index contributed by atoms with van der Waals surface area (Å²) < 4.78 is 33.4. The number of hydrogen-bond donors (Lipinski definition) is 1. The molecule has 13 heavy (non-hydrogen) atoms. The molecule has 0 atom stereocenters. The Labute approximate surface area is 86.4 Å². The highest BCUT2D eigenvalue weighted by Crippen LogP contribution is 2.43. The maximum Gasteiger partial charge on any atom is 0.416 e. The van der Waals surface area contributed by atoms with E-state index in [1.54, 1.807) is 0 Å². The normalized spacial score (nSPS) is 14.5. The van der Waals surface area contributed by atoms with Gasteiger partial charge in [-0.15, -0.1) is 0 Å². The van der Waals surface area contributed by atoms with Crippen molar-refractivity contribution in [3.63, 3.8) is 0 Å². The molecule has 0 aliphatic carbocycles. The summed E-state index contributed by atoms with van der Waals surface area (Å²) in [5.74, 6) is -1.33. The zero-order valence-electron chi connectivity index (χ0n) is 5.83. The van der Waals surface area contributed by atoms with Crippen LogP contribution in [-0.4, -0.2) is 15.9 Å². The maximum atomic E-state index is 12.0. The number of nitrogens with two attached hydrogens (primary N) is 1. The first-order valence-electron chi connectivity index (χ1n) is 2.70.